The van der Waals surface area contributed by atoms with Gasteiger partial charge in [-0.3, -0.25) is 9.80 Å². The van der Waals surface area contributed by atoms with Gasteiger partial charge in [-0.05, 0) is 19.9 Å². The van der Waals surface area contributed by atoms with Crippen LogP contribution in [0.3, 0.4) is 0 Å². The highest BCUT2D eigenvalue weighted by Crippen LogP contribution is 2.13. The summed E-state index contributed by atoms with van der Waals surface area (Å²) in [6.45, 7) is 7.86. The molecule has 5 heteroatoms. The summed E-state index contributed by atoms with van der Waals surface area (Å²) >= 11 is 0. The van der Waals surface area contributed by atoms with Crippen molar-refractivity contribution in [2.75, 3.05) is 46.5 Å². The van der Waals surface area contributed by atoms with Crippen molar-refractivity contribution in [2.24, 2.45) is 0 Å². The van der Waals surface area contributed by atoms with Crippen molar-refractivity contribution < 1.29 is 9.53 Å². The van der Waals surface area contributed by atoms with Crippen LogP contribution < -0.4 is 5.32 Å². The number of ether oxygens (including phenoxy) is 1. The minimum Gasteiger partial charge on any atom is -0.450 e. The Morgan fingerprint density at radius 2 is 1.26 bits per heavy atom. The van der Waals surface area contributed by atoms with Crippen molar-refractivity contribution in [1.29, 1.82) is 0 Å². The number of carbonyl (C=O) groups is 1. The number of amides is 1. The van der Waals surface area contributed by atoms with Crippen LogP contribution in [-0.2, 0) is 4.74 Å². The van der Waals surface area contributed by atoms with Gasteiger partial charge in [0, 0.05) is 26.2 Å². The fourth-order valence-corrected chi connectivity index (χ4v) is 4.35. The van der Waals surface area contributed by atoms with E-state index < -0.39 is 0 Å². The lowest BCUT2D eigenvalue weighted by molar-refractivity contribution is 0.138. The molecule has 0 spiro atoms. The molecule has 0 atom stereocenters. The van der Waals surface area contributed by atoms with Gasteiger partial charge in [-0.25, -0.2) is 4.79 Å². The minimum atomic E-state index is -0.250. The lowest BCUT2D eigenvalue weighted by Crippen LogP contribution is -2.28. The number of rotatable bonds is 21. The number of hydrogen-bond acceptors (Lipinski definition) is 4. The number of nitrogens with one attached hydrogen (secondary N) is 1. The monoisotopic (exact) mass is 439 g/mol. The Labute approximate surface area is 193 Å². The first-order valence-electron chi connectivity index (χ1n) is 13.5. The van der Waals surface area contributed by atoms with Crippen LogP contribution in [0.5, 0.6) is 0 Å². The highest BCUT2D eigenvalue weighted by molar-refractivity contribution is 5.66. The quantitative estimate of drug-likeness (QED) is 0.205. The van der Waals surface area contributed by atoms with Gasteiger partial charge in [-0.2, -0.15) is 0 Å². The molecule has 0 aromatic carbocycles. The molecule has 1 amide bonds. The summed E-state index contributed by atoms with van der Waals surface area (Å²) in [5.74, 6) is 0. The Morgan fingerprint density at radius 3 is 1.74 bits per heavy atom. The van der Waals surface area contributed by atoms with Crippen LogP contribution in [0.1, 0.15) is 116 Å². The second-order valence-electron chi connectivity index (χ2n) is 9.56. The molecule has 0 aromatic rings. The average Bonchev–Trinajstić information content (AvgIpc) is 3.18. The largest absolute Gasteiger partial charge is 0.450 e. The Hall–Kier alpha value is -0.810. The first kappa shape index (κ1) is 28.2. The predicted octanol–water partition coefficient (Wildman–Crippen LogP) is 6.57. The minimum absolute atomic E-state index is 0.250. The van der Waals surface area contributed by atoms with E-state index in [1.54, 1.807) is 0 Å². The van der Waals surface area contributed by atoms with Crippen LogP contribution in [0.25, 0.3) is 0 Å². The summed E-state index contributed by atoms with van der Waals surface area (Å²) < 4.78 is 5.27. The molecule has 1 heterocycles. The summed E-state index contributed by atoms with van der Waals surface area (Å²) in [7, 11) is 2.14. The maximum atomic E-state index is 11.7. The molecule has 5 nitrogen and oxygen atoms in total. The van der Waals surface area contributed by atoms with Crippen molar-refractivity contribution in [3.8, 4) is 0 Å². The van der Waals surface area contributed by atoms with Crippen LogP contribution in [0.15, 0.2) is 0 Å². The molecule has 184 valence electrons. The van der Waals surface area contributed by atoms with Gasteiger partial charge in [0.1, 0.15) is 0 Å². The fraction of sp³-hybridized carbons (Fsp3) is 0.962. The second kappa shape index (κ2) is 21.1. The van der Waals surface area contributed by atoms with E-state index in [4.69, 9.17) is 4.74 Å². The molecule has 31 heavy (non-hydrogen) atoms. The Balaban J connectivity index is 1.70. The normalized spacial score (nSPS) is 14.9. The molecule has 1 N–H and O–H groups in total. The zero-order valence-corrected chi connectivity index (χ0v) is 21.0. The maximum Gasteiger partial charge on any atom is 0.407 e. The van der Waals surface area contributed by atoms with Crippen LogP contribution in [0, 0.1) is 0 Å². The molecule has 0 saturated carbocycles. The van der Waals surface area contributed by atoms with Crippen LogP contribution in [0.4, 0.5) is 4.79 Å². The summed E-state index contributed by atoms with van der Waals surface area (Å²) in [6, 6.07) is 0. The van der Waals surface area contributed by atoms with E-state index in [2.05, 4.69) is 29.1 Å². The molecular weight excluding hydrogens is 386 g/mol. The Bertz CT molecular complexity index is 406. The van der Waals surface area contributed by atoms with Crippen LogP contribution in [-0.4, -0.2) is 62.4 Å². The maximum absolute atomic E-state index is 11.7. The number of alkyl carbamates (subject to hydrolysis) is 1. The number of carbonyl (C=O) groups excluding carboxylic acids is 1. The van der Waals surface area contributed by atoms with E-state index in [9.17, 15) is 4.79 Å². The van der Waals surface area contributed by atoms with Gasteiger partial charge in [-0.15, -0.1) is 0 Å². The van der Waals surface area contributed by atoms with E-state index in [0.717, 1.165) is 45.7 Å². The SMILES string of the molecule is CCCCCCCCCCCCCCCCCCNC(=O)OCCCN1CCN(C)C1. The van der Waals surface area contributed by atoms with Gasteiger partial charge >= 0.3 is 6.09 Å². The molecule has 0 unspecified atom stereocenters. The molecule has 1 aliphatic rings. The van der Waals surface area contributed by atoms with Gasteiger partial charge in [0.2, 0.25) is 0 Å². The van der Waals surface area contributed by atoms with E-state index in [-0.39, 0.29) is 6.09 Å². The van der Waals surface area contributed by atoms with Crippen molar-refractivity contribution in [2.45, 2.75) is 116 Å². The zero-order valence-electron chi connectivity index (χ0n) is 21.0. The van der Waals surface area contributed by atoms with Crippen molar-refractivity contribution in [1.82, 2.24) is 15.1 Å². The van der Waals surface area contributed by atoms with Gasteiger partial charge in [0.25, 0.3) is 0 Å². The Kier molecular flexibility index (Phi) is 19.2. The topological polar surface area (TPSA) is 44.8 Å². The van der Waals surface area contributed by atoms with E-state index in [0.29, 0.717) is 6.61 Å². The van der Waals surface area contributed by atoms with Crippen molar-refractivity contribution in [3.63, 3.8) is 0 Å². The third-order valence-corrected chi connectivity index (χ3v) is 6.39. The molecular formula is C26H53N3O2. The second-order valence-corrected chi connectivity index (χ2v) is 9.56. The Morgan fingerprint density at radius 1 is 0.742 bits per heavy atom. The first-order chi connectivity index (χ1) is 15.2. The lowest BCUT2D eigenvalue weighted by atomic mass is 10.0. The molecule has 0 radical (unpaired) electrons. The number of likely N-dealkylation sites (N-methyl/N-ethyl adjacent to an activating group) is 1. The standard InChI is InChI=1S/C26H53N3O2/c1-3-4-5-6-7-8-9-10-11-12-13-14-15-16-17-18-20-27-26(30)31-24-19-21-29-23-22-28(2)25-29/h3-25H2,1-2H3,(H,27,30). The summed E-state index contributed by atoms with van der Waals surface area (Å²) in [5, 5.41) is 2.88. The molecule has 1 rings (SSSR count). The van der Waals surface area contributed by atoms with Gasteiger partial charge in [0.15, 0.2) is 0 Å². The van der Waals surface area contributed by atoms with E-state index in [1.165, 1.54) is 96.3 Å². The van der Waals surface area contributed by atoms with Gasteiger partial charge < -0.3 is 10.1 Å². The zero-order chi connectivity index (χ0) is 22.4. The van der Waals surface area contributed by atoms with Crippen molar-refractivity contribution >= 4 is 6.09 Å². The lowest BCUT2D eigenvalue weighted by Gasteiger charge is -2.15. The molecule has 1 saturated heterocycles. The predicted molar refractivity (Wildman–Crippen MR) is 133 cm³/mol. The molecule has 0 aliphatic carbocycles. The third-order valence-electron chi connectivity index (χ3n) is 6.39. The molecule has 1 fully saturated rings. The number of unbranched alkanes of at least 4 members (excludes halogenated alkanes) is 15. The van der Waals surface area contributed by atoms with Gasteiger partial charge in [-0.1, -0.05) is 103 Å². The number of nitrogens with zero attached hydrogens (tertiary/aromatic N) is 2. The molecule has 0 bridgehead atoms. The summed E-state index contributed by atoms with van der Waals surface area (Å²) in [5.41, 5.74) is 0. The van der Waals surface area contributed by atoms with E-state index >= 15 is 0 Å². The van der Waals surface area contributed by atoms with E-state index in [1.807, 2.05) is 0 Å². The number of hydrogen-bond donors (Lipinski definition) is 1. The molecule has 1 aliphatic heterocycles. The summed E-state index contributed by atoms with van der Waals surface area (Å²) in [4.78, 5) is 16.4. The van der Waals surface area contributed by atoms with Gasteiger partial charge in [0.05, 0.1) is 13.3 Å². The van der Waals surface area contributed by atoms with Crippen LogP contribution >= 0.6 is 0 Å². The third kappa shape index (κ3) is 18.5. The van der Waals surface area contributed by atoms with Crippen molar-refractivity contribution in [3.05, 3.63) is 0 Å². The smallest absolute Gasteiger partial charge is 0.407 e. The fourth-order valence-electron chi connectivity index (χ4n) is 4.35. The first-order valence-corrected chi connectivity index (χ1v) is 13.5. The van der Waals surface area contributed by atoms with Crippen LogP contribution in [0.2, 0.25) is 0 Å². The molecule has 0 aromatic heterocycles. The average molecular weight is 440 g/mol. The highest BCUT2D eigenvalue weighted by Gasteiger charge is 2.15. The highest BCUT2D eigenvalue weighted by atomic mass is 16.5. The summed E-state index contributed by atoms with van der Waals surface area (Å²) in [6.07, 6.45) is 22.6.